The maximum Gasteiger partial charge on any atom is 0.203 e. The third kappa shape index (κ3) is 2.17. The summed E-state index contributed by atoms with van der Waals surface area (Å²) in [5.41, 5.74) is 6.60. The molecule has 0 bridgehead atoms. The van der Waals surface area contributed by atoms with Gasteiger partial charge in [-0.05, 0) is 11.6 Å². The Morgan fingerprint density at radius 1 is 1.07 bits per heavy atom. The largest absolute Gasteiger partial charge is 0.374 e. The molecule has 1 heterocycles. The summed E-state index contributed by atoms with van der Waals surface area (Å²) in [5, 5.41) is 8.93. The van der Waals surface area contributed by atoms with Crippen molar-refractivity contribution in [2.24, 2.45) is 0 Å². The highest BCUT2D eigenvalue weighted by Crippen LogP contribution is 2.14. The van der Waals surface area contributed by atoms with Crippen LogP contribution in [0, 0.1) is 0 Å². The van der Waals surface area contributed by atoms with Crippen molar-refractivity contribution in [2.75, 3.05) is 5.73 Å². The van der Waals surface area contributed by atoms with E-state index in [1.54, 1.807) is 0 Å². The fourth-order valence-electron chi connectivity index (χ4n) is 1.05. The van der Waals surface area contributed by atoms with Crippen molar-refractivity contribution in [3.8, 4) is 0 Å². The molecule has 0 saturated carbocycles. The zero-order valence-electron chi connectivity index (χ0n) is 7.42. The Balaban J connectivity index is 2.15. The molecule has 0 amide bonds. The summed E-state index contributed by atoms with van der Waals surface area (Å²) in [6.45, 7) is 0. The lowest BCUT2D eigenvalue weighted by Crippen LogP contribution is -1.79. The van der Waals surface area contributed by atoms with Crippen LogP contribution in [0.2, 0.25) is 0 Å². The minimum Gasteiger partial charge on any atom is -0.374 e. The normalized spacial score (nSPS) is 10.9. The molecule has 2 rings (SSSR count). The van der Waals surface area contributed by atoms with Gasteiger partial charge in [0.25, 0.3) is 0 Å². The molecule has 0 radical (unpaired) electrons. The fourth-order valence-corrected chi connectivity index (χ4v) is 1.56. The molecule has 1 aromatic carbocycles. The van der Waals surface area contributed by atoms with Crippen LogP contribution in [0.5, 0.6) is 0 Å². The molecular formula is C10H9N3S. The van der Waals surface area contributed by atoms with Crippen molar-refractivity contribution in [2.45, 2.75) is 0 Å². The maximum absolute atomic E-state index is 5.46. The summed E-state index contributed by atoms with van der Waals surface area (Å²) in [7, 11) is 0. The molecule has 0 fully saturated rings. The van der Waals surface area contributed by atoms with Crippen molar-refractivity contribution >= 4 is 28.6 Å². The van der Waals surface area contributed by atoms with E-state index in [1.807, 2.05) is 42.5 Å². The number of hydrogen-bond acceptors (Lipinski definition) is 4. The van der Waals surface area contributed by atoms with E-state index in [-0.39, 0.29) is 0 Å². The van der Waals surface area contributed by atoms with Crippen LogP contribution >= 0.6 is 11.3 Å². The van der Waals surface area contributed by atoms with Crippen LogP contribution in [-0.2, 0) is 0 Å². The average molecular weight is 203 g/mol. The number of hydrogen-bond donors (Lipinski definition) is 1. The number of aromatic nitrogens is 2. The van der Waals surface area contributed by atoms with Gasteiger partial charge in [0.15, 0.2) is 0 Å². The van der Waals surface area contributed by atoms with E-state index in [1.165, 1.54) is 11.3 Å². The van der Waals surface area contributed by atoms with Gasteiger partial charge in [0.2, 0.25) is 5.13 Å². The molecule has 0 aliphatic rings. The Labute approximate surface area is 85.9 Å². The highest BCUT2D eigenvalue weighted by molar-refractivity contribution is 7.15. The van der Waals surface area contributed by atoms with Crippen LogP contribution in [0.15, 0.2) is 30.3 Å². The summed E-state index contributed by atoms with van der Waals surface area (Å²) in [5.74, 6) is 0. The lowest BCUT2D eigenvalue weighted by molar-refractivity contribution is 1.09. The molecule has 0 saturated heterocycles. The first-order valence-electron chi connectivity index (χ1n) is 4.17. The van der Waals surface area contributed by atoms with Gasteiger partial charge in [-0.2, -0.15) is 0 Å². The predicted molar refractivity (Wildman–Crippen MR) is 59.7 cm³/mol. The summed E-state index contributed by atoms with van der Waals surface area (Å²) in [6.07, 6.45) is 3.89. The fraction of sp³-hybridized carbons (Fsp3) is 0. The van der Waals surface area contributed by atoms with Crippen LogP contribution in [0.3, 0.4) is 0 Å². The molecule has 0 aliphatic heterocycles. The first-order chi connectivity index (χ1) is 6.84. The highest BCUT2D eigenvalue weighted by Gasteiger charge is 1.94. The molecule has 1 aromatic heterocycles. The number of nitrogens with zero attached hydrogens (tertiary/aromatic N) is 2. The summed E-state index contributed by atoms with van der Waals surface area (Å²) < 4.78 is 0. The van der Waals surface area contributed by atoms with E-state index >= 15 is 0 Å². The molecule has 4 heteroatoms. The topological polar surface area (TPSA) is 51.8 Å². The maximum atomic E-state index is 5.46. The SMILES string of the molecule is Nc1nnc(C=Cc2ccccc2)s1. The molecule has 70 valence electrons. The lowest BCUT2D eigenvalue weighted by atomic mass is 10.2. The van der Waals surface area contributed by atoms with Gasteiger partial charge in [-0.15, -0.1) is 10.2 Å². The Kier molecular flexibility index (Phi) is 2.55. The molecule has 2 N–H and O–H groups in total. The summed E-state index contributed by atoms with van der Waals surface area (Å²) in [6, 6.07) is 10.0. The summed E-state index contributed by atoms with van der Waals surface area (Å²) in [4.78, 5) is 0. The first kappa shape index (κ1) is 8.90. The van der Waals surface area contributed by atoms with E-state index in [0.717, 1.165) is 10.6 Å². The third-order valence-electron chi connectivity index (χ3n) is 1.67. The second-order valence-electron chi connectivity index (χ2n) is 2.72. The van der Waals surface area contributed by atoms with Crippen LogP contribution in [-0.4, -0.2) is 10.2 Å². The van der Waals surface area contributed by atoms with Crippen LogP contribution < -0.4 is 5.73 Å². The number of nitrogens with two attached hydrogens (primary N) is 1. The molecule has 2 aromatic rings. The van der Waals surface area contributed by atoms with Crippen molar-refractivity contribution < 1.29 is 0 Å². The zero-order valence-corrected chi connectivity index (χ0v) is 8.24. The monoisotopic (exact) mass is 203 g/mol. The number of anilines is 1. The zero-order chi connectivity index (χ0) is 9.80. The van der Waals surface area contributed by atoms with E-state index in [0.29, 0.717) is 5.13 Å². The Bertz CT molecular complexity index is 434. The third-order valence-corrected chi connectivity index (χ3v) is 2.39. The molecule has 0 spiro atoms. The van der Waals surface area contributed by atoms with E-state index < -0.39 is 0 Å². The quantitative estimate of drug-likeness (QED) is 0.814. The minimum absolute atomic E-state index is 0.498. The van der Waals surface area contributed by atoms with Crippen molar-refractivity contribution in [3.05, 3.63) is 40.9 Å². The van der Waals surface area contributed by atoms with Gasteiger partial charge in [0.05, 0.1) is 0 Å². The molecule has 3 nitrogen and oxygen atoms in total. The van der Waals surface area contributed by atoms with E-state index in [2.05, 4.69) is 10.2 Å². The molecule has 14 heavy (non-hydrogen) atoms. The van der Waals surface area contributed by atoms with Crippen LogP contribution in [0.25, 0.3) is 12.2 Å². The molecule has 0 unspecified atom stereocenters. The van der Waals surface area contributed by atoms with E-state index in [9.17, 15) is 0 Å². The predicted octanol–water partition coefficient (Wildman–Crippen LogP) is 2.29. The Morgan fingerprint density at radius 2 is 1.86 bits per heavy atom. The smallest absolute Gasteiger partial charge is 0.203 e. The van der Waals surface area contributed by atoms with Crippen molar-refractivity contribution in [1.29, 1.82) is 0 Å². The van der Waals surface area contributed by atoms with Gasteiger partial charge >= 0.3 is 0 Å². The Morgan fingerprint density at radius 3 is 2.50 bits per heavy atom. The molecular weight excluding hydrogens is 194 g/mol. The average Bonchev–Trinajstić information content (AvgIpc) is 2.63. The van der Waals surface area contributed by atoms with E-state index in [4.69, 9.17) is 5.73 Å². The Hall–Kier alpha value is -1.68. The number of benzene rings is 1. The lowest BCUT2D eigenvalue weighted by Gasteiger charge is -1.88. The van der Waals surface area contributed by atoms with Gasteiger partial charge in [-0.3, -0.25) is 0 Å². The number of nitrogen functional groups attached to an aromatic ring is 1. The van der Waals surface area contributed by atoms with Gasteiger partial charge in [0, 0.05) is 0 Å². The second kappa shape index (κ2) is 4.02. The second-order valence-corrected chi connectivity index (χ2v) is 3.76. The van der Waals surface area contributed by atoms with Crippen LogP contribution in [0.1, 0.15) is 10.6 Å². The van der Waals surface area contributed by atoms with Crippen molar-refractivity contribution in [1.82, 2.24) is 10.2 Å². The molecule has 0 atom stereocenters. The van der Waals surface area contributed by atoms with Gasteiger partial charge in [-0.25, -0.2) is 0 Å². The van der Waals surface area contributed by atoms with Gasteiger partial charge in [-0.1, -0.05) is 47.7 Å². The molecule has 0 aliphatic carbocycles. The van der Waals surface area contributed by atoms with Crippen molar-refractivity contribution in [3.63, 3.8) is 0 Å². The van der Waals surface area contributed by atoms with Gasteiger partial charge in [0.1, 0.15) is 5.01 Å². The first-order valence-corrected chi connectivity index (χ1v) is 4.98. The number of rotatable bonds is 2. The highest BCUT2D eigenvalue weighted by atomic mass is 32.1. The van der Waals surface area contributed by atoms with Gasteiger partial charge < -0.3 is 5.73 Å². The standard InChI is InChI=1S/C10H9N3S/c11-10-13-12-9(14-10)7-6-8-4-2-1-3-5-8/h1-7H,(H2,11,13). The minimum atomic E-state index is 0.498. The summed E-state index contributed by atoms with van der Waals surface area (Å²) >= 11 is 1.38. The van der Waals surface area contributed by atoms with Crippen LogP contribution in [0.4, 0.5) is 5.13 Å².